The van der Waals surface area contributed by atoms with Crippen LogP contribution in [0.25, 0.3) is 0 Å². The monoisotopic (exact) mass is 261 g/mol. The summed E-state index contributed by atoms with van der Waals surface area (Å²) in [6.07, 6.45) is 0.502. The second-order valence-corrected chi connectivity index (χ2v) is 5.22. The summed E-state index contributed by atoms with van der Waals surface area (Å²) in [5, 5.41) is 3.53. The minimum atomic E-state index is 0.491. The van der Waals surface area contributed by atoms with Crippen molar-refractivity contribution in [2.75, 3.05) is 32.7 Å². The molecule has 1 aromatic carbocycles. The van der Waals surface area contributed by atoms with Crippen LogP contribution in [-0.4, -0.2) is 48.7 Å². The van der Waals surface area contributed by atoms with Crippen LogP contribution in [0, 0.1) is 0 Å². The molecule has 0 amide bonds. The highest BCUT2D eigenvalue weighted by Crippen LogP contribution is 2.25. The Morgan fingerprint density at radius 1 is 1.26 bits per heavy atom. The molecule has 2 rings (SSSR count). The average Bonchev–Trinajstić information content (AvgIpc) is 2.49. The van der Waals surface area contributed by atoms with Crippen LogP contribution in [0.2, 0.25) is 0 Å². The SMILES string of the molecule is CCN(CC)C(C)N1CCNCC1c1ccccc1. The molecule has 0 saturated carbocycles. The van der Waals surface area contributed by atoms with Crippen molar-refractivity contribution >= 4 is 0 Å². The molecular formula is C16H27N3. The third-order valence-corrected chi connectivity index (χ3v) is 4.29. The summed E-state index contributed by atoms with van der Waals surface area (Å²) >= 11 is 0. The van der Waals surface area contributed by atoms with Crippen LogP contribution in [0.3, 0.4) is 0 Å². The van der Waals surface area contributed by atoms with Crippen LogP contribution in [0.15, 0.2) is 30.3 Å². The zero-order chi connectivity index (χ0) is 13.7. The maximum Gasteiger partial charge on any atom is 0.0599 e. The topological polar surface area (TPSA) is 18.5 Å². The molecular weight excluding hydrogens is 234 g/mol. The van der Waals surface area contributed by atoms with Gasteiger partial charge in [0.15, 0.2) is 0 Å². The summed E-state index contributed by atoms with van der Waals surface area (Å²) < 4.78 is 0. The lowest BCUT2D eigenvalue weighted by Gasteiger charge is -2.44. The number of hydrogen-bond acceptors (Lipinski definition) is 3. The van der Waals surface area contributed by atoms with Gasteiger partial charge in [-0.25, -0.2) is 0 Å². The Labute approximate surface area is 117 Å². The quantitative estimate of drug-likeness (QED) is 0.877. The molecule has 0 aliphatic carbocycles. The largest absolute Gasteiger partial charge is 0.314 e. The Bertz CT molecular complexity index is 362. The van der Waals surface area contributed by atoms with Crippen LogP contribution in [0.4, 0.5) is 0 Å². The molecule has 0 spiro atoms. The molecule has 3 nitrogen and oxygen atoms in total. The van der Waals surface area contributed by atoms with Crippen LogP contribution in [0.5, 0.6) is 0 Å². The lowest BCUT2D eigenvalue weighted by Crippen LogP contribution is -2.55. The van der Waals surface area contributed by atoms with Crippen molar-refractivity contribution in [1.29, 1.82) is 0 Å². The van der Waals surface area contributed by atoms with E-state index in [1.165, 1.54) is 5.56 Å². The number of rotatable bonds is 5. The van der Waals surface area contributed by atoms with Crippen molar-refractivity contribution in [1.82, 2.24) is 15.1 Å². The van der Waals surface area contributed by atoms with E-state index in [9.17, 15) is 0 Å². The summed E-state index contributed by atoms with van der Waals surface area (Å²) in [7, 11) is 0. The van der Waals surface area contributed by atoms with Gasteiger partial charge in [-0.2, -0.15) is 0 Å². The van der Waals surface area contributed by atoms with Gasteiger partial charge in [0.2, 0.25) is 0 Å². The molecule has 0 bridgehead atoms. The van der Waals surface area contributed by atoms with Crippen molar-refractivity contribution < 1.29 is 0 Å². The molecule has 3 heteroatoms. The smallest absolute Gasteiger partial charge is 0.0599 e. The fourth-order valence-electron chi connectivity index (χ4n) is 3.11. The summed E-state index contributed by atoms with van der Waals surface area (Å²) in [6.45, 7) is 12.3. The minimum Gasteiger partial charge on any atom is -0.314 e. The van der Waals surface area contributed by atoms with E-state index in [-0.39, 0.29) is 0 Å². The van der Waals surface area contributed by atoms with E-state index >= 15 is 0 Å². The molecule has 1 fully saturated rings. The van der Waals surface area contributed by atoms with Crippen LogP contribution >= 0.6 is 0 Å². The molecule has 2 atom stereocenters. The van der Waals surface area contributed by atoms with Gasteiger partial charge in [0.25, 0.3) is 0 Å². The van der Waals surface area contributed by atoms with Crippen molar-refractivity contribution in [3.8, 4) is 0 Å². The fourth-order valence-corrected chi connectivity index (χ4v) is 3.11. The first-order valence-corrected chi connectivity index (χ1v) is 7.53. The van der Waals surface area contributed by atoms with Crippen LogP contribution in [0.1, 0.15) is 32.4 Å². The normalized spacial score (nSPS) is 22.6. The highest BCUT2D eigenvalue weighted by Gasteiger charge is 2.29. The van der Waals surface area contributed by atoms with Crippen molar-refractivity contribution in [2.24, 2.45) is 0 Å². The zero-order valence-corrected chi connectivity index (χ0v) is 12.5. The highest BCUT2D eigenvalue weighted by atomic mass is 15.4. The molecule has 1 N–H and O–H groups in total. The minimum absolute atomic E-state index is 0.491. The Hall–Kier alpha value is -0.900. The summed E-state index contributed by atoms with van der Waals surface area (Å²) in [5.41, 5.74) is 1.42. The van der Waals surface area contributed by atoms with Gasteiger partial charge < -0.3 is 5.32 Å². The molecule has 0 radical (unpaired) electrons. The Morgan fingerprint density at radius 2 is 1.95 bits per heavy atom. The van der Waals surface area contributed by atoms with Gasteiger partial charge >= 0.3 is 0 Å². The van der Waals surface area contributed by atoms with E-state index < -0.39 is 0 Å². The number of nitrogens with one attached hydrogen (secondary N) is 1. The van der Waals surface area contributed by atoms with Gasteiger partial charge in [-0.15, -0.1) is 0 Å². The second kappa shape index (κ2) is 7.04. The van der Waals surface area contributed by atoms with Gasteiger partial charge in [0.05, 0.1) is 6.17 Å². The molecule has 19 heavy (non-hydrogen) atoms. The third kappa shape index (κ3) is 3.35. The molecule has 0 aromatic heterocycles. The van der Waals surface area contributed by atoms with Gasteiger partial charge in [-0.05, 0) is 25.6 Å². The van der Waals surface area contributed by atoms with Crippen molar-refractivity contribution in [3.05, 3.63) is 35.9 Å². The van der Waals surface area contributed by atoms with Crippen molar-refractivity contribution in [2.45, 2.75) is 33.0 Å². The summed E-state index contributed by atoms with van der Waals surface area (Å²) in [6, 6.07) is 11.4. The van der Waals surface area contributed by atoms with E-state index in [0.717, 1.165) is 32.7 Å². The van der Waals surface area contributed by atoms with Gasteiger partial charge in [0, 0.05) is 25.7 Å². The van der Waals surface area contributed by atoms with E-state index in [2.05, 4.69) is 66.2 Å². The molecule has 1 aromatic rings. The standard InChI is InChI=1S/C16H27N3/c1-4-18(5-2)14(3)19-12-11-17-13-16(19)15-9-7-6-8-10-15/h6-10,14,16-17H,4-5,11-13H2,1-3H3. The Morgan fingerprint density at radius 3 is 2.58 bits per heavy atom. The number of piperazine rings is 1. The molecule has 1 aliphatic rings. The number of nitrogens with zero attached hydrogens (tertiary/aromatic N) is 2. The second-order valence-electron chi connectivity index (χ2n) is 5.22. The molecule has 2 unspecified atom stereocenters. The van der Waals surface area contributed by atoms with Gasteiger partial charge in [0.1, 0.15) is 0 Å². The lowest BCUT2D eigenvalue weighted by atomic mass is 10.0. The summed E-state index contributed by atoms with van der Waals surface area (Å²) in [4.78, 5) is 5.17. The zero-order valence-electron chi connectivity index (χ0n) is 12.5. The van der Waals surface area contributed by atoms with E-state index in [1.807, 2.05) is 0 Å². The first-order valence-electron chi connectivity index (χ1n) is 7.53. The molecule has 1 aliphatic heterocycles. The van der Waals surface area contributed by atoms with Crippen LogP contribution < -0.4 is 5.32 Å². The summed E-state index contributed by atoms with van der Waals surface area (Å²) in [5.74, 6) is 0. The van der Waals surface area contributed by atoms with E-state index in [0.29, 0.717) is 12.2 Å². The number of benzene rings is 1. The first-order chi connectivity index (χ1) is 9.27. The molecule has 1 heterocycles. The predicted octanol–water partition coefficient (Wildman–Crippen LogP) is 2.32. The van der Waals surface area contributed by atoms with Gasteiger partial charge in [-0.3, -0.25) is 9.80 Å². The number of hydrogen-bond donors (Lipinski definition) is 1. The maximum absolute atomic E-state index is 3.53. The predicted molar refractivity (Wildman–Crippen MR) is 81.1 cm³/mol. The van der Waals surface area contributed by atoms with Crippen LogP contribution in [-0.2, 0) is 0 Å². The van der Waals surface area contributed by atoms with Crippen molar-refractivity contribution in [3.63, 3.8) is 0 Å². The third-order valence-electron chi connectivity index (χ3n) is 4.29. The average molecular weight is 261 g/mol. The Balaban J connectivity index is 2.16. The highest BCUT2D eigenvalue weighted by molar-refractivity contribution is 5.20. The first kappa shape index (κ1) is 14.5. The van der Waals surface area contributed by atoms with Gasteiger partial charge in [-0.1, -0.05) is 44.2 Å². The Kier molecular flexibility index (Phi) is 5.37. The maximum atomic E-state index is 3.53. The lowest BCUT2D eigenvalue weighted by molar-refractivity contribution is 0.0149. The molecule has 106 valence electrons. The molecule has 1 saturated heterocycles. The van der Waals surface area contributed by atoms with E-state index in [1.54, 1.807) is 0 Å². The van der Waals surface area contributed by atoms with E-state index in [4.69, 9.17) is 0 Å². The fraction of sp³-hybridized carbons (Fsp3) is 0.625.